The van der Waals surface area contributed by atoms with Crippen molar-refractivity contribution >= 4 is 18.0 Å². The summed E-state index contributed by atoms with van der Waals surface area (Å²) in [4.78, 5) is 16.8. The molecular weight excluding hydrogens is 233 g/mol. The van der Waals surface area contributed by atoms with E-state index in [2.05, 4.69) is 9.97 Å². The zero-order valence-corrected chi connectivity index (χ0v) is 7.93. The zero-order valence-electron chi connectivity index (χ0n) is 7.11. The fourth-order valence-electron chi connectivity index (χ4n) is 0.973. The fraction of sp³-hybridized carbons (Fsp3) is 0.286. The van der Waals surface area contributed by atoms with Crippen LogP contribution in [0.1, 0.15) is 21.7 Å². The van der Waals surface area contributed by atoms with Gasteiger partial charge in [-0.3, -0.25) is 4.79 Å². The number of carbonyl (C=O) groups is 1. The number of rotatable bonds is 3. The summed E-state index contributed by atoms with van der Waals surface area (Å²) < 4.78 is 47.3. The van der Waals surface area contributed by atoms with Gasteiger partial charge in [-0.1, -0.05) is 0 Å². The minimum Gasteiger partial charge on any atom is -0.296 e. The second kappa shape index (κ2) is 4.39. The predicted octanol–water partition coefficient (Wildman–Crippen LogP) is 1.24. The first-order chi connectivity index (χ1) is 7.00. The lowest BCUT2D eigenvalue weighted by Gasteiger charge is -2.07. The van der Waals surface area contributed by atoms with E-state index in [0.717, 1.165) is 0 Å². The molecule has 0 saturated heterocycles. The van der Waals surface area contributed by atoms with Crippen molar-refractivity contribution in [1.82, 2.24) is 9.97 Å². The molecule has 1 aromatic rings. The summed E-state index contributed by atoms with van der Waals surface area (Å²) in [7, 11) is 0. The van der Waals surface area contributed by atoms with Gasteiger partial charge in [0.2, 0.25) is 0 Å². The molecule has 1 aromatic heterocycles. The van der Waals surface area contributed by atoms with E-state index in [4.69, 9.17) is 0 Å². The van der Waals surface area contributed by atoms with E-state index in [9.17, 15) is 22.2 Å². The lowest BCUT2D eigenvalue weighted by Crippen LogP contribution is -2.15. The highest BCUT2D eigenvalue weighted by Crippen LogP contribution is 2.30. The number of carbonyl (C=O) groups excluding carboxylic acids is 1. The number of hydrogen-bond acceptors (Lipinski definition) is 4. The molecule has 1 rings (SSSR count). The van der Waals surface area contributed by atoms with Crippen molar-refractivity contribution in [2.45, 2.75) is 11.9 Å². The molecule has 1 heterocycles. The summed E-state index contributed by atoms with van der Waals surface area (Å²) in [5.74, 6) is -0.496. The molecule has 0 atom stereocenters. The normalized spacial score (nSPS) is 11.1. The molecule has 0 aliphatic heterocycles. The molecule has 0 saturated carbocycles. The maximum atomic E-state index is 12.4. The van der Waals surface area contributed by atoms with Crippen LogP contribution in [0.15, 0.2) is 6.33 Å². The molecule has 0 N–H and O–H groups in total. The van der Waals surface area contributed by atoms with Crippen molar-refractivity contribution in [3.05, 3.63) is 23.3 Å². The topological polar surface area (TPSA) is 59.9 Å². The Morgan fingerprint density at radius 1 is 1.40 bits per heavy atom. The van der Waals surface area contributed by atoms with Crippen LogP contribution in [0.3, 0.4) is 0 Å². The molecule has 0 unspecified atom stereocenters. The molecule has 0 aliphatic rings. The minimum absolute atomic E-state index is 0.0744. The maximum absolute atomic E-state index is 12.4. The first kappa shape index (κ1) is 11.6. The Balaban J connectivity index is 3.37. The van der Waals surface area contributed by atoms with E-state index in [1.165, 1.54) is 0 Å². The number of hydrogen-bond donors (Lipinski definition) is 0. The number of aldehydes is 1. The molecule has 0 bridgehead atoms. The van der Waals surface area contributed by atoms with Crippen molar-refractivity contribution in [2.24, 2.45) is 0 Å². The van der Waals surface area contributed by atoms with Crippen molar-refractivity contribution in [1.29, 1.82) is 0 Å². The smallest absolute Gasteiger partial charge is 0.296 e. The molecule has 0 fully saturated rings. The molecule has 0 aliphatic carbocycles. The summed E-state index contributed by atoms with van der Waals surface area (Å²) in [5.41, 5.74) is -2.11. The predicted molar refractivity (Wildman–Crippen MR) is 44.2 cm³/mol. The molecule has 80 valence electrons. The Labute approximate surface area is 86.0 Å². The highest BCUT2D eigenvalue weighted by atomic mass is 32.1. The highest BCUT2D eigenvalue weighted by molar-refractivity contribution is 7.64. The Kier molecular flexibility index (Phi) is 3.40. The van der Waals surface area contributed by atoms with E-state index in [-0.39, 0.29) is 18.0 Å². The fourth-order valence-corrected chi connectivity index (χ4v) is 1.38. The number of halogens is 3. The van der Waals surface area contributed by atoms with E-state index in [0.29, 0.717) is 6.33 Å². The summed E-state index contributed by atoms with van der Waals surface area (Å²) >= 11 is -0.0744. The summed E-state index contributed by atoms with van der Waals surface area (Å²) in [6.07, 6.45) is -3.88. The summed E-state index contributed by atoms with van der Waals surface area (Å²) in [5, 5.41) is 0. The average molecular weight is 237 g/mol. The number of alkyl halides is 3. The van der Waals surface area contributed by atoms with Gasteiger partial charge in [-0.2, -0.15) is 13.2 Å². The quantitative estimate of drug-likeness (QED) is 0.586. The van der Waals surface area contributed by atoms with E-state index in [1.807, 2.05) is 0 Å². The molecule has 8 heteroatoms. The van der Waals surface area contributed by atoms with Crippen LogP contribution in [0.25, 0.3) is 0 Å². The van der Waals surface area contributed by atoms with Crippen LogP contribution in [0, 0.1) is 0 Å². The molecular formula is C7H4F3N2O2S+. The Bertz CT molecular complexity index is 394. The lowest BCUT2D eigenvalue weighted by atomic mass is 10.2. The monoisotopic (exact) mass is 237 g/mol. The Morgan fingerprint density at radius 2 is 2.07 bits per heavy atom. The third kappa shape index (κ3) is 2.52. The summed E-state index contributed by atoms with van der Waals surface area (Å²) in [6.45, 7) is 0. The van der Waals surface area contributed by atoms with Crippen LogP contribution in [-0.4, -0.2) is 16.3 Å². The SMILES string of the molecule is O=Cc1ncnc(C(F)(F)F)c1C[S+]=O. The van der Waals surface area contributed by atoms with Crippen molar-refractivity contribution in [3.63, 3.8) is 0 Å². The lowest BCUT2D eigenvalue weighted by molar-refractivity contribution is -0.141. The van der Waals surface area contributed by atoms with Gasteiger partial charge in [-0.05, 0) is 0 Å². The van der Waals surface area contributed by atoms with Crippen molar-refractivity contribution < 1.29 is 22.2 Å². The van der Waals surface area contributed by atoms with Gasteiger partial charge in [0, 0.05) is 4.21 Å². The van der Waals surface area contributed by atoms with Crippen LogP contribution < -0.4 is 0 Å². The van der Waals surface area contributed by atoms with Crippen LogP contribution in [0.2, 0.25) is 0 Å². The number of aromatic nitrogens is 2. The van der Waals surface area contributed by atoms with Gasteiger partial charge in [-0.25, -0.2) is 9.97 Å². The summed E-state index contributed by atoms with van der Waals surface area (Å²) in [6, 6.07) is 0. The Morgan fingerprint density at radius 3 is 2.53 bits per heavy atom. The second-order valence-corrected chi connectivity index (χ2v) is 2.99. The molecule has 4 nitrogen and oxygen atoms in total. The van der Waals surface area contributed by atoms with Crippen LogP contribution in [-0.2, 0) is 27.8 Å². The number of nitrogens with zero attached hydrogens (tertiary/aromatic N) is 2. The van der Waals surface area contributed by atoms with Gasteiger partial charge in [0.05, 0.1) is 5.56 Å². The van der Waals surface area contributed by atoms with Crippen LogP contribution in [0.4, 0.5) is 13.2 Å². The average Bonchev–Trinajstić information content (AvgIpc) is 2.17. The third-order valence-corrected chi connectivity index (χ3v) is 1.97. The minimum atomic E-state index is -4.69. The first-order valence-corrected chi connectivity index (χ1v) is 4.52. The third-order valence-electron chi connectivity index (χ3n) is 1.56. The van der Waals surface area contributed by atoms with Crippen molar-refractivity contribution in [3.8, 4) is 0 Å². The highest BCUT2D eigenvalue weighted by Gasteiger charge is 2.38. The second-order valence-electron chi connectivity index (χ2n) is 2.46. The largest absolute Gasteiger partial charge is 0.463 e. The van der Waals surface area contributed by atoms with E-state index < -0.39 is 28.9 Å². The molecule has 0 aromatic carbocycles. The van der Waals surface area contributed by atoms with Gasteiger partial charge in [-0.15, -0.1) is 0 Å². The van der Waals surface area contributed by atoms with Crippen LogP contribution >= 0.6 is 0 Å². The van der Waals surface area contributed by atoms with Crippen LogP contribution in [0.5, 0.6) is 0 Å². The van der Waals surface area contributed by atoms with Crippen molar-refractivity contribution in [2.75, 3.05) is 0 Å². The van der Waals surface area contributed by atoms with E-state index >= 15 is 0 Å². The molecule has 0 amide bonds. The van der Waals surface area contributed by atoms with Gasteiger partial charge in [0.1, 0.15) is 12.0 Å². The zero-order chi connectivity index (χ0) is 11.5. The van der Waals surface area contributed by atoms with E-state index in [1.54, 1.807) is 0 Å². The molecule has 15 heavy (non-hydrogen) atoms. The van der Waals surface area contributed by atoms with Gasteiger partial charge in [0.25, 0.3) is 5.75 Å². The maximum Gasteiger partial charge on any atom is 0.463 e. The van der Waals surface area contributed by atoms with Gasteiger partial charge in [0.15, 0.2) is 12.0 Å². The Hall–Kier alpha value is -1.44. The molecule has 0 spiro atoms. The first-order valence-electron chi connectivity index (χ1n) is 3.61. The molecule has 0 radical (unpaired) electrons. The van der Waals surface area contributed by atoms with Gasteiger partial charge < -0.3 is 0 Å². The van der Waals surface area contributed by atoms with Gasteiger partial charge >= 0.3 is 17.8 Å². The standard InChI is InChI=1S/C7H4F3N2O2S/c8-7(9,10)6-4(2-15-14)5(1-13)11-3-12-6/h1,3H,2H2/q+1.